The fourth-order valence-corrected chi connectivity index (χ4v) is 1.42. The first kappa shape index (κ1) is 10.4. The predicted molar refractivity (Wildman–Crippen MR) is 61.0 cm³/mol. The van der Waals surface area contributed by atoms with Crippen molar-refractivity contribution in [2.24, 2.45) is 0 Å². The fraction of sp³-hybridized carbons (Fsp3) is 0.182. The van der Waals surface area contributed by atoms with E-state index in [1.54, 1.807) is 32.4 Å². The summed E-state index contributed by atoms with van der Waals surface area (Å²) in [7, 11) is 1.58. The standard InChI is InChI=1S/C11H12N4O/c1-7-14-9(6-10(12)15-7)8-3-4-13-11(5-8)16-2/h3-6H,1-2H3,(H2,12,14,15). The first-order chi connectivity index (χ1) is 7.69. The number of hydrogen-bond acceptors (Lipinski definition) is 5. The third-order valence-electron chi connectivity index (χ3n) is 2.10. The normalized spacial score (nSPS) is 10.1. The zero-order valence-corrected chi connectivity index (χ0v) is 9.14. The van der Waals surface area contributed by atoms with Crippen LogP contribution in [0, 0.1) is 6.92 Å². The van der Waals surface area contributed by atoms with Gasteiger partial charge in [0.05, 0.1) is 12.8 Å². The van der Waals surface area contributed by atoms with Crippen molar-refractivity contribution in [2.75, 3.05) is 12.8 Å². The van der Waals surface area contributed by atoms with Gasteiger partial charge in [0.15, 0.2) is 0 Å². The molecule has 0 atom stereocenters. The van der Waals surface area contributed by atoms with Gasteiger partial charge in [-0.2, -0.15) is 0 Å². The van der Waals surface area contributed by atoms with Crippen molar-refractivity contribution in [1.82, 2.24) is 15.0 Å². The number of methoxy groups -OCH3 is 1. The molecule has 0 aliphatic heterocycles. The van der Waals surface area contributed by atoms with E-state index in [9.17, 15) is 0 Å². The zero-order chi connectivity index (χ0) is 11.5. The van der Waals surface area contributed by atoms with E-state index in [0.717, 1.165) is 11.3 Å². The molecule has 0 radical (unpaired) electrons. The molecule has 5 heteroatoms. The van der Waals surface area contributed by atoms with E-state index in [1.807, 2.05) is 6.07 Å². The summed E-state index contributed by atoms with van der Waals surface area (Å²) in [6.07, 6.45) is 1.67. The molecule has 0 fully saturated rings. The smallest absolute Gasteiger partial charge is 0.213 e. The number of ether oxygens (including phenoxy) is 1. The number of rotatable bonds is 2. The summed E-state index contributed by atoms with van der Waals surface area (Å²) < 4.78 is 5.05. The van der Waals surface area contributed by atoms with Crippen molar-refractivity contribution in [1.29, 1.82) is 0 Å². The predicted octanol–water partition coefficient (Wildman–Crippen LogP) is 1.44. The second-order valence-electron chi connectivity index (χ2n) is 3.31. The van der Waals surface area contributed by atoms with Crippen molar-refractivity contribution in [3.8, 4) is 17.1 Å². The Labute approximate surface area is 93.3 Å². The number of aryl methyl sites for hydroxylation is 1. The third-order valence-corrected chi connectivity index (χ3v) is 2.10. The van der Waals surface area contributed by atoms with Gasteiger partial charge in [-0.1, -0.05) is 0 Å². The monoisotopic (exact) mass is 216 g/mol. The Morgan fingerprint density at radius 2 is 2.06 bits per heavy atom. The maximum absolute atomic E-state index is 5.67. The van der Waals surface area contributed by atoms with E-state index in [1.165, 1.54) is 0 Å². The van der Waals surface area contributed by atoms with E-state index < -0.39 is 0 Å². The average molecular weight is 216 g/mol. The molecule has 16 heavy (non-hydrogen) atoms. The molecule has 0 amide bonds. The molecular formula is C11H12N4O. The van der Waals surface area contributed by atoms with Gasteiger partial charge in [-0.25, -0.2) is 15.0 Å². The lowest BCUT2D eigenvalue weighted by Gasteiger charge is -2.04. The summed E-state index contributed by atoms with van der Waals surface area (Å²) in [5.41, 5.74) is 7.35. The van der Waals surface area contributed by atoms with Crippen LogP contribution in [0.2, 0.25) is 0 Å². The van der Waals surface area contributed by atoms with Crippen molar-refractivity contribution >= 4 is 5.82 Å². The van der Waals surface area contributed by atoms with Gasteiger partial charge in [-0.3, -0.25) is 0 Å². The van der Waals surface area contributed by atoms with E-state index in [0.29, 0.717) is 17.5 Å². The molecule has 2 aromatic heterocycles. The quantitative estimate of drug-likeness (QED) is 0.822. The van der Waals surface area contributed by atoms with Crippen molar-refractivity contribution in [3.05, 3.63) is 30.2 Å². The zero-order valence-electron chi connectivity index (χ0n) is 9.14. The first-order valence-electron chi connectivity index (χ1n) is 4.80. The molecule has 0 aliphatic carbocycles. The van der Waals surface area contributed by atoms with Gasteiger partial charge in [-0.15, -0.1) is 0 Å². The highest BCUT2D eigenvalue weighted by Gasteiger charge is 2.04. The van der Waals surface area contributed by atoms with Gasteiger partial charge in [0, 0.05) is 23.9 Å². The van der Waals surface area contributed by atoms with Gasteiger partial charge < -0.3 is 10.5 Å². The molecule has 0 aliphatic rings. The highest BCUT2D eigenvalue weighted by Crippen LogP contribution is 2.21. The summed E-state index contributed by atoms with van der Waals surface area (Å²) in [6, 6.07) is 5.38. The molecule has 0 saturated heterocycles. The molecule has 0 unspecified atom stereocenters. The summed E-state index contributed by atoms with van der Waals surface area (Å²) >= 11 is 0. The minimum Gasteiger partial charge on any atom is -0.481 e. The van der Waals surface area contributed by atoms with Crippen LogP contribution in [0.15, 0.2) is 24.4 Å². The number of aromatic nitrogens is 3. The summed E-state index contributed by atoms with van der Waals surface area (Å²) in [5, 5.41) is 0. The maximum atomic E-state index is 5.67. The minimum absolute atomic E-state index is 0.457. The Hall–Kier alpha value is -2.17. The van der Waals surface area contributed by atoms with Crippen LogP contribution in [-0.4, -0.2) is 22.1 Å². The number of hydrogen-bond donors (Lipinski definition) is 1. The lowest BCUT2D eigenvalue weighted by Crippen LogP contribution is -1.97. The van der Waals surface area contributed by atoms with Crippen LogP contribution in [-0.2, 0) is 0 Å². The second-order valence-corrected chi connectivity index (χ2v) is 3.31. The number of anilines is 1. The number of pyridine rings is 1. The Balaban J connectivity index is 2.49. The lowest BCUT2D eigenvalue weighted by molar-refractivity contribution is 0.398. The van der Waals surface area contributed by atoms with Crippen molar-refractivity contribution in [2.45, 2.75) is 6.92 Å². The number of nitrogens with two attached hydrogens (primary N) is 1. The fourth-order valence-electron chi connectivity index (χ4n) is 1.42. The van der Waals surface area contributed by atoms with Crippen molar-refractivity contribution < 1.29 is 4.74 Å². The molecule has 0 spiro atoms. The molecule has 2 rings (SSSR count). The van der Waals surface area contributed by atoms with Gasteiger partial charge in [0.2, 0.25) is 5.88 Å². The van der Waals surface area contributed by atoms with Gasteiger partial charge in [0.25, 0.3) is 0 Å². The van der Waals surface area contributed by atoms with Crippen LogP contribution in [0.3, 0.4) is 0 Å². The molecule has 2 N–H and O–H groups in total. The van der Waals surface area contributed by atoms with E-state index in [2.05, 4.69) is 15.0 Å². The topological polar surface area (TPSA) is 73.9 Å². The molecule has 82 valence electrons. The highest BCUT2D eigenvalue weighted by atomic mass is 16.5. The van der Waals surface area contributed by atoms with Crippen molar-refractivity contribution in [3.63, 3.8) is 0 Å². The Kier molecular flexibility index (Phi) is 2.68. The molecule has 5 nitrogen and oxygen atoms in total. The number of nitrogen functional groups attached to an aromatic ring is 1. The third kappa shape index (κ3) is 2.08. The molecule has 0 aromatic carbocycles. The van der Waals surface area contributed by atoms with Crippen LogP contribution >= 0.6 is 0 Å². The second kappa shape index (κ2) is 4.14. The Bertz CT molecular complexity index is 493. The largest absolute Gasteiger partial charge is 0.481 e. The Morgan fingerprint density at radius 3 is 2.75 bits per heavy atom. The summed E-state index contributed by atoms with van der Waals surface area (Å²) in [4.78, 5) is 12.4. The summed E-state index contributed by atoms with van der Waals surface area (Å²) in [6.45, 7) is 1.80. The Morgan fingerprint density at radius 1 is 1.25 bits per heavy atom. The van der Waals surface area contributed by atoms with Crippen LogP contribution < -0.4 is 10.5 Å². The minimum atomic E-state index is 0.457. The van der Waals surface area contributed by atoms with Crippen LogP contribution in [0.5, 0.6) is 5.88 Å². The van der Waals surface area contributed by atoms with Gasteiger partial charge in [0.1, 0.15) is 11.6 Å². The van der Waals surface area contributed by atoms with Crippen LogP contribution in [0.25, 0.3) is 11.3 Å². The van der Waals surface area contributed by atoms with Crippen LogP contribution in [0.1, 0.15) is 5.82 Å². The van der Waals surface area contributed by atoms with Gasteiger partial charge in [-0.05, 0) is 13.0 Å². The summed E-state index contributed by atoms with van der Waals surface area (Å²) in [5.74, 6) is 1.65. The molecule has 2 heterocycles. The molecular weight excluding hydrogens is 204 g/mol. The van der Waals surface area contributed by atoms with E-state index >= 15 is 0 Å². The molecule has 0 bridgehead atoms. The van der Waals surface area contributed by atoms with E-state index in [4.69, 9.17) is 10.5 Å². The molecule has 0 saturated carbocycles. The first-order valence-corrected chi connectivity index (χ1v) is 4.80. The number of nitrogens with zero attached hydrogens (tertiary/aromatic N) is 3. The molecule has 2 aromatic rings. The highest BCUT2D eigenvalue weighted by molar-refractivity contribution is 5.62. The average Bonchev–Trinajstić information content (AvgIpc) is 2.28. The van der Waals surface area contributed by atoms with E-state index in [-0.39, 0.29) is 0 Å². The van der Waals surface area contributed by atoms with Crippen LogP contribution in [0.4, 0.5) is 5.82 Å². The maximum Gasteiger partial charge on any atom is 0.213 e. The van der Waals surface area contributed by atoms with Gasteiger partial charge >= 0.3 is 0 Å². The SMILES string of the molecule is COc1cc(-c2cc(N)nc(C)n2)ccn1. The lowest BCUT2D eigenvalue weighted by atomic mass is 10.2.